The Hall–Kier alpha value is -3.74. The molecular weight excluding hydrogens is 378 g/mol. The summed E-state index contributed by atoms with van der Waals surface area (Å²) in [5.41, 5.74) is 6.06. The largest absolute Gasteiger partial charge is 0.497 e. The van der Waals surface area contributed by atoms with Crippen LogP contribution in [0.25, 0.3) is 22.0 Å². The summed E-state index contributed by atoms with van der Waals surface area (Å²) in [6.07, 6.45) is 3.73. The molecule has 30 heavy (non-hydrogen) atoms. The van der Waals surface area contributed by atoms with Gasteiger partial charge in [-0.1, -0.05) is 24.3 Å². The Labute approximate surface area is 174 Å². The Morgan fingerprint density at radius 3 is 2.93 bits per heavy atom. The van der Waals surface area contributed by atoms with E-state index in [-0.39, 0.29) is 5.91 Å². The van der Waals surface area contributed by atoms with Crippen molar-refractivity contribution >= 4 is 22.5 Å². The highest BCUT2D eigenvalue weighted by Gasteiger charge is 2.25. The van der Waals surface area contributed by atoms with Crippen molar-refractivity contribution in [3.05, 3.63) is 66.1 Å². The average Bonchev–Trinajstić information content (AvgIpc) is 3.43. The van der Waals surface area contributed by atoms with Gasteiger partial charge >= 0.3 is 0 Å². The fourth-order valence-corrected chi connectivity index (χ4v) is 4.20. The molecule has 1 amide bonds. The predicted molar refractivity (Wildman–Crippen MR) is 117 cm³/mol. The molecule has 0 atom stereocenters. The van der Waals surface area contributed by atoms with E-state index in [1.165, 1.54) is 0 Å². The Kier molecular flexibility index (Phi) is 4.43. The van der Waals surface area contributed by atoms with Gasteiger partial charge in [-0.25, -0.2) is 0 Å². The summed E-state index contributed by atoms with van der Waals surface area (Å²) in [5.74, 6) is 0.708. The Bertz CT molecular complexity index is 1230. The molecule has 5 rings (SSSR count). The topological polar surface area (TPSA) is 75.2 Å². The average molecular weight is 401 g/mol. The second-order valence-corrected chi connectivity index (χ2v) is 7.52. The van der Waals surface area contributed by atoms with E-state index in [1.54, 1.807) is 7.11 Å². The number of likely N-dealkylation sites (N-methyl/N-ethyl adjacent to an activating group) is 1. The third-order valence-electron chi connectivity index (χ3n) is 5.71. The van der Waals surface area contributed by atoms with Crippen LogP contribution in [-0.2, 0) is 13.1 Å². The Morgan fingerprint density at radius 2 is 2.13 bits per heavy atom. The molecule has 0 aliphatic carbocycles. The maximum absolute atomic E-state index is 13.1. The van der Waals surface area contributed by atoms with Gasteiger partial charge in [0.1, 0.15) is 11.4 Å². The molecule has 0 bridgehead atoms. The number of rotatable bonds is 5. The van der Waals surface area contributed by atoms with Crippen molar-refractivity contribution in [2.45, 2.75) is 13.1 Å². The van der Waals surface area contributed by atoms with Crippen LogP contribution in [0.3, 0.4) is 0 Å². The van der Waals surface area contributed by atoms with Crippen LogP contribution in [0.4, 0.5) is 5.69 Å². The minimum absolute atomic E-state index is 0.0746. The van der Waals surface area contributed by atoms with Crippen LogP contribution in [0, 0.1) is 0 Å². The number of carbonyl (C=O) groups excluding carboxylic acids is 1. The lowest BCUT2D eigenvalue weighted by Crippen LogP contribution is -2.31. The van der Waals surface area contributed by atoms with Crippen LogP contribution >= 0.6 is 0 Å². The van der Waals surface area contributed by atoms with Crippen LogP contribution in [0.15, 0.2) is 54.9 Å². The summed E-state index contributed by atoms with van der Waals surface area (Å²) in [4.78, 5) is 15.3. The van der Waals surface area contributed by atoms with Gasteiger partial charge in [-0.2, -0.15) is 5.10 Å². The third kappa shape index (κ3) is 2.99. The summed E-state index contributed by atoms with van der Waals surface area (Å²) in [5, 5.41) is 11.1. The molecule has 4 aromatic rings. The van der Waals surface area contributed by atoms with E-state index in [0.29, 0.717) is 12.2 Å². The molecule has 1 aliphatic heterocycles. The number of benzene rings is 2. The predicted octanol–water partition coefficient (Wildman–Crippen LogP) is 3.42. The normalized spacial score (nSPS) is 12.9. The third-order valence-corrected chi connectivity index (χ3v) is 5.71. The zero-order valence-corrected chi connectivity index (χ0v) is 17.0. The highest BCUT2D eigenvalue weighted by molar-refractivity contribution is 6.06. The van der Waals surface area contributed by atoms with Gasteiger partial charge in [-0.05, 0) is 23.8 Å². The molecule has 0 saturated heterocycles. The maximum Gasteiger partial charge on any atom is 0.268 e. The summed E-state index contributed by atoms with van der Waals surface area (Å²) in [7, 11) is 3.73. The molecule has 7 nitrogen and oxygen atoms in total. The quantitative estimate of drug-likeness (QED) is 0.537. The number of amides is 1. The van der Waals surface area contributed by atoms with Gasteiger partial charge in [0.2, 0.25) is 0 Å². The molecule has 7 heteroatoms. The second-order valence-electron chi connectivity index (χ2n) is 7.52. The molecule has 2 aromatic heterocycles. The SMILES string of the molecule is COc1cccc(CNC(=O)c2cc3ccc(-c4cn[nH]c4)c4c3n2CCN4C)c1. The number of H-pyrrole nitrogens is 1. The Morgan fingerprint density at radius 1 is 1.23 bits per heavy atom. The summed E-state index contributed by atoms with van der Waals surface area (Å²) >= 11 is 0. The van der Waals surface area contributed by atoms with E-state index in [0.717, 1.165) is 52.1 Å². The van der Waals surface area contributed by atoms with Crippen LogP contribution in [-0.4, -0.2) is 41.4 Å². The van der Waals surface area contributed by atoms with E-state index in [9.17, 15) is 4.79 Å². The standard InChI is InChI=1S/C23H23N5O2/c1-27-8-9-28-20(23(29)24-12-15-4-3-5-18(10-15)30-2)11-16-6-7-19(22(27)21(16)28)17-13-25-26-14-17/h3-7,10-11,13-14H,8-9,12H2,1-2H3,(H,24,29)(H,25,26). The number of aromatic nitrogens is 3. The lowest BCUT2D eigenvalue weighted by atomic mass is 10.0. The first-order chi connectivity index (χ1) is 14.7. The van der Waals surface area contributed by atoms with Gasteiger partial charge in [0.15, 0.2) is 0 Å². The molecular formula is C23H23N5O2. The summed E-state index contributed by atoms with van der Waals surface area (Å²) in [6.45, 7) is 2.05. The lowest BCUT2D eigenvalue weighted by molar-refractivity contribution is 0.0942. The van der Waals surface area contributed by atoms with Crippen molar-refractivity contribution in [1.29, 1.82) is 0 Å². The van der Waals surface area contributed by atoms with E-state index in [4.69, 9.17) is 4.74 Å². The zero-order chi connectivity index (χ0) is 20.7. The summed E-state index contributed by atoms with van der Waals surface area (Å²) < 4.78 is 7.40. The number of ether oxygens (including phenoxy) is 1. The highest BCUT2D eigenvalue weighted by atomic mass is 16.5. The smallest absolute Gasteiger partial charge is 0.268 e. The molecule has 152 valence electrons. The van der Waals surface area contributed by atoms with Gasteiger partial charge in [-0.15, -0.1) is 0 Å². The highest BCUT2D eigenvalue weighted by Crippen LogP contribution is 2.40. The number of carbonyl (C=O) groups is 1. The van der Waals surface area contributed by atoms with E-state index in [1.807, 2.05) is 42.7 Å². The van der Waals surface area contributed by atoms with Gasteiger partial charge in [0.25, 0.3) is 5.91 Å². The molecule has 2 N–H and O–H groups in total. The van der Waals surface area contributed by atoms with Crippen LogP contribution < -0.4 is 15.0 Å². The molecule has 3 heterocycles. The number of anilines is 1. The van der Waals surface area contributed by atoms with Gasteiger partial charge < -0.3 is 19.5 Å². The number of hydrogen-bond donors (Lipinski definition) is 2. The monoisotopic (exact) mass is 401 g/mol. The first-order valence-electron chi connectivity index (χ1n) is 9.93. The molecule has 1 aliphatic rings. The van der Waals surface area contributed by atoms with Crippen molar-refractivity contribution in [3.63, 3.8) is 0 Å². The first kappa shape index (κ1) is 18.3. The molecule has 0 fully saturated rings. The molecule has 0 saturated carbocycles. The van der Waals surface area contributed by atoms with Crippen molar-refractivity contribution in [1.82, 2.24) is 20.1 Å². The number of methoxy groups -OCH3 is 1. The van der Waals surface area contributed by atoms with E-state index >= 15 is 0 Å². The van der Waals surface area contributed by atoms with Gasteiger partial charge in [-0.3, -0.25) is 9.89 Å². The van der Waals surface area contributed by atoms with Crippen molar-refractivity contribution in [2.24, 2.45) is 0 Å². The zero-order valence-electron chi connectivity index (χ0n) is 17.0. The number of hydrogen-bond acceptors (Lipinski definition) is 4. The summed E-state index contributed by atoms with van der Waals surface area (Å²) in [6, 6.07) is 13.9. The minimum atomic E-state index is -0.0746. The van der Waals surface area contributed by atoms with E-state index in [2.05, 4.69) is 44.2 Å². The Balaban J connectivity index is 1.51. The molecule has 0 spiro atoms. The van der Waals surface area contributed by atoms with Crippen LogP contribution in [0.2, 0.25) is 0 Å². The molecule has 2 aromatic carbocycles. The molecule has 0 unspecified atom stereocenters. The van der Waals surface area contributed by atoms with Crippen LogP contribution in [0.1, 0.15) is 16.1 Å². The van der Waals surface area contributed by atoms with Crippen molar-refractivity contribution in [2.75, 3.05) is 25.6 Å². The fraction of sp³-hybridized carbons (Fsp3) is 0.217. The number of nitrogens with one attached hydrogen (secondary N) is 2. The van der Waals surface area contributed by atoms with Crippen molar-refractivity contribution < 1.29 is 9.53 Å². The van der Waals surface area contributed by atoms with E-state index < -0.39 is 0 Å². The van der Waals surface area contributed by atoms with Gasteiger partial charge in [0.05, 0.1) is 24.5 Å². The van der Waals surface area contributed by atoms with Crippen LogP contribution in [0.5, 0.6) is 5.75 Å². The fourth-order valence-electron chi connectivity index (χ4n) is 4.20. The first-order valence-corrected chi connectivity index (χ1v) is 9.93. The number of aromatic amines is 1. The lowest BCUT2D eigenvalue weighted by Gasteiger charge is -2.29. The van der Waals surface area contributed by atoms with Crippen molar-refractivity contribution in [3.8, 4) is 16.9 Å². The molecule has 0 radical (unpaired) electrons. The second kappa shape index (κ2) is 7.26. The van der Waals surface area contributed by atoms with Gasteiger partial charge in [0, 0.05) is 49.4 Å². The number of nitrogens with zero attached hydrogens (tertiary/aromatic N) is 3. The maximum atomic E-state index is 13.1. The minimum Gasteiger partial charge on any atom is -0.497 e.